The monoisotopic (exact) mass is 188 g/mol. The second-order valence-corrected chi connectivity index (χ2v) is 3.64. The zero-order valence-electron chi connectivity index (χ0n) is 9.21. The van der Waals surface area contributed by atoms with Gasteiger partial charge in [0.2, 0.25) is 0 Å². The van der Waals surface area contributed by atoms with E-state index >= 15 is 0 Å². The summed E-state index contributed by atoms with van der Waals surface area (Å²) < 4.78 is 0. The first kappa shape index (κ1) is 12.9. The van der Waals surface area contributed by atoms with Crippen LogP contribution in [0.1, 0.15) is 26.7 Å². The lowest BCUT2D eigenvalue weighted by Crippen LogP contribution is -2.29. The van der Waals surface area contributed by atoms with E-state index in [1.165, 1.54) is 0 Å². The van der Waals surface area contributed by atoms with E-state index in [0.717, 1.165) is 39.0 Å². The molecule has 0 aliphatic carbocycles. The number of hydrogen-bond acceptors (Lipinski definition) is 3. The van der Waals surface area contributed by atoms with E-state index in [0.29, 0.717) is 0 Å². The minimum atomic E-state index is -0.153. The van der Waals surface area contributed by atoms with Crippen molar-refractivity contribution in [3.05, 3.63) is 0 Å². The van der Waals surface area contributed by atoms with Gasteiger partial charge in [-0.05, 0) is 39.9 Å². The van der Waals surface area contributed by atoms with E-state index in [4.69, 9.17) is 5.11 Å². The summed E-state index contributed by atoms with van der Waals surface area (Å²) in [5.41, 5.74) is 0. The number of hydrogen-bond donors (Lipinski definition) is 2. The molecule has 0 heterocycles. The fourth-order valence-corrected chi connectivity index (χ4v) is 1.08. The first-order valence-corrected chi connectivity index (χ1v) is 5.24. The summed E-state index contributed by atoms with van der Waals surface area (Å²) >= 11 is 0. The number of aliphatic hydroxyl groups excluding tert-OH is 1. The van der Waals surface area contributed by atoms with Crippen molar-refractivity contribution in [3.8, 4) is 0 Å². The summed E-state index contributed by atoms with van der Waals surface area (Å²) in [5.74, 6) is 0. The molecule has 0 aromatic heterocycles. The second kappa shape index (κ2) is 8.48. The van der Waals surface area contributed by atoms with Crippen LogP contribution in [0, 0.1) is 0 Å². The van der Waals surface area contributed by atoms with Gasteiger partial charge in [-0.1, -0.05) is 6.92 Å². The van der Waals surface area contributed by atoms with Gasteiger partial charge in [0.15, 0.2) is 0 Å². The van der Waals surface area contributed by atoms with Crippen LogP contribution in [0.25, 0.3) is 0 Å². The standard InChI is InChI=1S/C10H24N2O/c1-4-12(3)9-8-11-7-5-6-10(2)13/h10-11,13H,4-9H2,1-3H3. The highest BCUT2D eigenvalue weighted by molar-refractivity contribution is 4.54. The number of aliphatic hydroxyl groups is 1. The maximum Gasteiger partial charge on any atom is 0.0512 e. The Morgan fingerprint density at radius 3 is 2.62 bits per heavy atom. The largest absolute Gasteiger partial charge is 0.393 e. The van der Waals surface area contributed by atoms with E-state index in [2.05, 4.69) is 24.2 Å². The summed E-state index contributed by atoms with van der Waals surface area (Å²) in [6.07, 6.45) is 1.81. The van der Waals surface area contributed by atoms with Crippen molar-refractivity contribution in [3.63, 3.8) is 0 Å². The van der Waals surface area contributed by atoms with Gasteiger partial charge in [0.1, 0.15) is 0 Å². The first-order valence-electron chi connectivity index (χ1n) is 5.24. The van der Waals surface area contributed by atoms with Crippen molar-refractivity contribution in [1.29, 1.82) is 0 Å². The molecular formula is C10H24N2O. The molecule has 0 aliphatic rings. The number of likely N-dealkylation sites (N-methyl/N-ethyl adjacent to an activating group) is 1. The Morgan fingerprint density at radius 2 is 2.08 bits per heavy atom. The molecule has 0 bridgehead atoms. The highest BCUT2D eigenvalue weighted by Gasteiger charge is 1.95. The third-order valence-corrected chi connectivity index (χ3v) is 2.19. The summed E-state index contributed by atoms with van der Waals surface area (Å²) in [5, 5.41) is 12.4. The topological polar surface area (TPSA) is 35.5 Å². The van der Waals surface area contributed by atoms with Gasteiger partial charge >= 0.3 is 0 Å². The highest BCUT2D eigenvalue weighted by Crippen LogP contribution is 1.92. The minimum absolute atomic E-state index is 0.153. The lowest BCUT2D eigenvalue weighted by atomic mass is 10.2. The second-order valence-electron chi connectivity index (χ2n) is 3.64. The Morgan fingerprint density at radius 1 is 1.38 bits per heavy atom. The summed E-state index contributed by atoms with van der Waals surface area (Å²) in [6, 6.07) is 0. The third kappa shape index (κ3) is 9.80. The van der Waals surface area contributed by atoms with Gasteiger partial charge in [-0.2, -0.15) is 0 Å². The summed E-state index contributed by atoms with van der Waals surface area (Å²) in [6.45, 7) is 8.27. The highest BCUT2D eigenvalue weighted by atomic mass is 16.3. The van der Waals surface area contributed by atoms with Gasteiger partial charge in [-0.3, -0.25) is 0 Å². The average molecular weight is 188 g/mol. The van der Waals surface area contributed by atoms with Crippen LogP contribution in [-0.2, 0) is 0 Å². The molecule has 0 aliphatic heterocycles. The molecule has 0 amide bonds. The fourth-order valence-electron chi connectivity index (χ4n) is 1.08. The third-order valence-electron chi connectivity index (χ3n) is 2.19. The van der Waals surface area contributed by atoms with Gasteiger partial charge in [0, 0.05) is 13.1 Å². The van der Waals surface area contributed by atoms with E-state index < -0.39 is 0 Å². The van der Waals surface area contributed by atoms with Crippen LogP contribution >= 0.6 is 0 Å². The Bertz CT molecular complexity index is 107. The number of nitrogens with zero attached hydrogens (tertiary/aromatic N) is 1. The van der Waals surface area contributed by atoms with Crippen molar-refractivity contribution >= 4 is 0 Å². The van der Waals surface area contributed by atoms with Gasteiger partial charge < -0.3 is 15.3 Å². The predicted octanol–water partition coefficient (Wildman–Crippen LogP) is 0.689. The van der Waals surface area contributed by atoms with Crippen molar-refractivity contribution in [2.24, 2.45) is 0 Å². The molecular weight excluding hydrogens is 164 g/mol. The zero-order valence-corrected chi connectivity index (χ0v) is 9.21. The smallest absolute Gasteiger partial charge is 0.0512 e. The fraction of sp³-hybridized carbons (Fsp3) is 1.00. The quantitative estimate of drug-likeness (QED) is 0.550. The molecule has 0 radical (unpaired) electrons. The van der Waals surface area contributed by atoms with Crippen LogP contribution in [0.5, 0.6) is 0 Å². The van der Waals surface area contributed by atoms with Crippen LogP contribution in [0.3, 0.4) is 0 Å². The lowest BCUT2D eigenvalue weighted by Gasteiger charge is -2.14. The summed E-state index contributed by atoms with van der Waals surface area (Å²) in [7, 11) is 2.12. The van der Waals surface area contributed by atoms with E-state index in [1.807, 2.05) is 6.92 Å². The molecule has 0 fully saturated rings. The molecule has 0 aromatic rings. The van der Waals surface area contributed by atoms with Gasteiger partial charge in [0.05, 0.1) is 6.10 Å². The van der Waals surface area contributed by atoms with Crippen molar-refractivity contribution < 1.29 is 5.11 Å². The van der Waals surface area contributed by atoms with Gasteiger partial charge in [0.25, 0.3) is 0 Å². The molecule has 80 valence electrons. The van der Waals surface area contributed by atoms with Gasteiger partial charge in [-0.15, -0.1) is 0 Å². The molecule has 3 heteroatoms. The Kier molecular flexibility index (Phi) is 8.40. The molecule has 0 spiro atoms. The summed E-state index contributed by atoms with van der Waals surface area (Å²) in [4.78, 5) is 2.28. The molecule has 3 nitrogen and oxygen atoms in total. The van der Waals surface area contributed by atoms with Crippen molar-refractivity contribution in [2.75, 3.05) is 33.2 Å². The molecule has 1 atom stereocenters. The normalized spacial score (nSPS) is 13.6. The van der Waals surface area contributed by atoms with E-state index in [1.54, 1.807) is 0 Å². The van der Waals surface area contributed by atoms with E-state index in [9.17, 15) is 0 Å². The molecule has 0 saturated carbocycles. The molecule has 2 N–H and O–H groups in total. The Labute approximate surface area is 82.1 Å². The number of rotatable bonds is 8. The lowest BCUT2D eigenvalue weighted by molar-refractivity contribution is 0.181. The van der Waals surface area contributed by atoms with Crippen LogP contribution in [0.2, 0.25) is 0 Å². The van der Waals surface area contributed by atoms with Gasteiger partial charge in [-0.25, -0.2) is 0 Å². The average Bonchev–Trinajstić information content (AvgIpc) is 2.10. The first-order chi connectivity index (χ1) is 6.16. The molecule has 1 unspecified atom stereocenters. The maximum atomic E-state index is 9.00. The molecule has 0 rings (SSSR count). The number of nitrogens with one attached hydrogen (secondary N) is 1. The Balaban J connectivity index is 2.99. The van der Waals surface area contributed by atoms with Crippen LogP contribution in [-0.4, -0.2) is 49.3 Å². The zero-order chi connectivity index (χ0) is 10.1. The maximum absolute atomic E-state index is 9.00. The molecule has 0 aromatic carbocycles. The van der Waals surface area contributed by atoms with E-state index in [-0.39, 0.29) is 6.10 Å². The predicted molar refractivity (Wildman–Crippen MR) is 57.0 cm³/mol. The van der Waals surface area contributed by atoms with Crippen LogP contribution in [0.4, 0.5) is 0 Å². The molecule has 13 heavy (non-hydrogen) atoms. The van der Waals surface area contributed by atoms with Crippen molar-refractivity contribution in [1.82, 2.24) is 10.2 Å². The van der Waals surface area contributed by atoms with Crippen LogP contribution < -0.4 is 5.32 Å². The molecule has 0 saturated heterocycles. The SMILES string of the molecule is CCN(C)CCNCCCC(C)O. The van der Waals surface area contributed by atoms with Crippen molar-refractivity contribution in [2.45, 2.75) is 32.8 Å². The van der Waals surface area contributed by atoms with Crippen LogP contribution in [0.15, 0.2) is 0 Å². The minimum Gasteiger partial charge on any atom is -0.393 e. The Hall–Kier alpha value is -0.120.